The molecule has 0 bridgehead atoms. The van der Waals surface area contributed by atoms with Crippen molar-refractivity contribution in [1.82, 2.24) is 4.98 Å². The molecule has 0 radical (unpaired) electrons. The molecule has 2 aromatic rings. The first kappa shape index (κ1) is 16.1. The summed E-state index contributed by atoms with van der Waals surface area (Å²) in [5.74, 6) is -0.394. The summed E-state index contributed by atoms with van der Waals surface area (Å²) in [5, 5.41) is 9.88. The highest BCUT2D eigenvalue weighted by molar-refractivity contribution is 9.10. The zero-order valence-corrected chi connectivity index (χ0v) is 14.0. The number of carbonyl (C=O) groups is 1. The van der Waals surface area contributed by atoms with Crippen molar-refractivity contribution >= 4 is 45.4 Å². The number of fused-ring (bicyclic) bond motifs is 1. The molecular formula is C15H16BrNO3S. The van der Waals surface area contributed by atoms with Gasteiger partial charge in [0.25, 0.3) is 0 Å². The van der Waals surface area contributed by atoms with Crippen molar-refractivity contribution in [3.05, 3.63) is 34.9 Å². The van der Waals surface area contributed by atoms with Crippen molar-refractivity contribution in [2.75, 3.05) is 0 Å². The van der Waals surface area contributed by atoms with Gasteiger partial charge < -0.3 is 9.84 Å². The number of aliphatic carboxylic acids is 1. The van der Waals surface area contributed by atoms with Gasteiger partial charge in [-0.15, -0.1) is 12.6 Å². The second-order valence-electron chi connectivity index (χ2n) is 4.72. The smallest absolute Gasteiger partial charge is 0.303 e. The zero-order valence-electron chi connectivity index (χ0n) is 11.5. The fraction of sp³-hybridized carbons (Fsp3) is 0.333. The number of carboxylic acid groups (broad SMARTS) is 1. The number of ether oxygens (including phenoxy) is 1. The third-order valence-corrected chi connectivity index (χ3v) is 4.51. The van der Waals surface area contributed by atoms with Crippen LogP contribution >= 0.6 is 28.6 Å². The highest BCUT2D eigenvalue weighted by Gasteiger charge is 2.22. The number of carboxylic acids is 1. The van der Waals surface area contributed by atoms with Crippen molar-refractivity contribution in [2.45, 2.75) is 25.2 Å². The van der Waals surface area contributed by atoms with E-state index in [1.165, 1.54) is 0 Å². The van der Waals surface area contributed by atoms with Gasteiger partial charge in [0, 0.05) is 22.0 Å². The number of hydrogen-bond donors (Lipinski definition) is 2. The summed E-state index contributed by atoms with van der Waals surface area (Å²) in [4.78, 5) is 15.2. The van der Waals surface area contributed by atoms with Crippen LogP contribution in [0, 0.1) is 5.92 Å². The van der Waals surface area contributed by atoms with Crippen LogP contribution in [0.1, 0.15) is 19.8 Å². The van der Waals surface area contributed by atoms with E-state index < -0.39 is 11.4 Å². The van der Waals surface area contributed by atoms with E-state index in [9.17, 15) is 4.79 Å². The van der Waals surface area contributed by atoms with Crippen molar-refractivity contribution < 1.29 is 14.6 Å². The van der Waals surface area contributed by atoms with E-state index in [1.807, 2.05) is 31.2 Å². The molecule has 0 saturated carbocycles. The highest BCUT2D eigenvalue weighted by Crippen LogP contribution is 2.32. The summed E-state index contributed by atoms with van der Waals surface area (Å²) in [6, 6.07) is 7.50. The molecule has 6 heteroatoms. The minimum absolute atomic E-state index is 0.0343. The second-order valence-corrected chi connectivity index (χ2v) is 6.08. The van der Waals surface area contributed by atoms with Crippen molar-refractivity contribution in [1.29, 1.82) is 0 Å². The Morgan fingerprint density at radius 3 is 2.90 bits per heavy atom. The van der Waals surface area contributed by atoms with Crippen LogP contribution in [0.5, 0.6) is 5.75 Å². The maximum atomic E-state index is 10.9. The molecule has 0 aliphatic rings. The van der Waals surface area contributed by atoms with Crippen LogP contribution < -0.4 is 4.74 Å². The number of rotatable bonds is 6. The van der Waals surface area contributed by atoms with E-state index in [1.54, 1.807) is 6.20 Å². The van der Waals surface area contributed by atoms with Gasteiger partial charge in [-0.2, -0.15) is 0 Å². The number of pyridine rings is 1. The Hall–Kier alpha value is -1.27. The summed E-state index contributed by atoms with van der Waals surface area (Å²) in [7, 11) is 0. The van der Waals surface area contributed by atoms with E-state index in [0.717, 1.165) is 15.4 Å². The van der Waals surface area contributed by atoms with Gasteiger partial charge in [0.15, 0.2) is 0 Å². The number of hydrogen-bond acceptors (Lipinski definition) is 4. The molecule has 0 aliphatic carbocycles. The largest absolute Gasteiger partial charge is 0.481 e. The number of thiol groups is 1. The van der Waals surface area contributed by atoms with E-state index >= 15 is 0 Å². The molecule has 1 N–H and O–H groups in total. The molecule has 21 heavy (non-hydrogen) atoms. The standard InChI is InChI=1S/C15H16BrNO3S/c1-2-9(8-13(18)19)15(21)20-12-6-5-11(16)10-4-3-7-17-14(10)12/h3-7,9,15,21H,2,8H2,1H3,(H,18,19). The van der Waals surface area contributed by atoms with Gasteiger partial charge in [-0.3, -0.25) is 9.78 Å². The lowest BCUT2D eigenvalue weighted by Gasteiger charge is -2.22. The molecule has 0 saturated heterocycles. The van der Waals surface area contributed by atoms with E-state index in [0.29, 0.717) is 12.2 Å². The van der Waals surface area contributed by atoms with E-state index in [4.69, 9.17) is 9.84 Å². The van der Waals surface area contributed by atoms with Crippen molar-refractivity contribution in [2.24, 2.45) is 5.92 Å². The molecule has 1 aromatic heterocycles. The van der Waals surface area contributed by atoms with Gasteiger partial charge in [-0.1, -0.05) is 28.9 Å². The van der Waals surface area contributed by atoms with Crippen LogP contribution in [-0.2, 0) is 4.79 Å². The Kier molecular flexibility index (Phi) is 5.47. The number of benzene rings is 1. The molecule has 1 aromatic carbocycles. The first-order chi connectivity index (χ1) is 10.0. The number of nitrogens with zero attached hydrogens (tertiary/aromatic N) is 1. The lowest BCUT2D eigenvalue weighted by atomic mass is 10.0. The average Bonchev–Trinajstić information content (AvgIpc) is 2.47. The fourth-order valence-electron chi connectivity index (χ4n) is 2.10. The minimum Gasteiger partial charge on any atom is -0.481 e. The molecule has 0 amide bonds. The Morgan fingerprint density at radius 1 is 1.48 bits per heavy atom. The quantitative estimate of drug-likeness (QED) is 0.593. The van der Waals surface area contributed by atoms with Crippen LogP contribution in [0.4, 0.5) is 0 Å². The number of aromatic nitrogens is 1. The molecule has 2 rings (SSSR count). The van der Waals surface area contributed by atoms with Gasteiger partial charge in [0.1, 0.15) is 16.7 Å². The first-order valence-electron chi connectivity index (χ1n) is 6.62. The molecule has 0 fully saturated rings. The van der Waals surface area contributed by atoms with Gasteiger partial charge in [0.05, 0.1) is 6.42 Å². The lowest BCUT2D eigenvalue weighted by molar-refractivity contribution is -0.138. The Morgan fingerprint density at radius 2 is 2.24 bits per heavy atom. The normalized spacial score (nSPS) is 13.9. The van der Waals surface area contributed by atoms with E-state index in [2.05, 4.69) is 33.5 Å². The summed E-state index contributed by atoms with van der Waals surface area (Å²) in [6.07, 6.45) is 2.42. The SMILES string of the molecule is CCC(CC(=O)O)C(S)Oc1ccc(Br)c2cccnc12. The van der Waals surface area contributed by atoms with Crippen molar-refractivity contribution in [3.8, 4) is 5.75 Å². The predicted molar refractivity (Wildman–Crippen MR) is 88.9 cm³/mol. The predicted octanol–water partition coefficient (Wildman–Crippen LogP) is 4.13. The summed E-state index contributed by atoms with van der Waals surface area (Å²) in [6.45, 7) is 1.93. The monoisotopic (exact) mass is 369 g/mol. The lowest BCUT2D eigenvalue weighted by Crippen LogP contribution is -2.23. The Balaban J connectivity index is 2.27. The molecule has 1 heterocycles. The Labute approximate surface area is 137 Å². The maximum absolute atomic E-state index is 10.9. The average molecular weight is 370 g/mol. The summed E-state index contributed by atoms with van der Waals surface area (Å²) in [5.41, 5.74) is 0.244. The van der Waals surface area contributed by atoms with Crippen LogP contribution in [0.25, 0.3) is 10.9 Å². The second kappa shape index (κ2) is 7.13. The van der Waals surface area contributed by atoms with Gasteiger partial charge >= 0.3 is 5.97 Å². The van der Waals surface area contributed by atoms with Crippen LogP contribution in [0.15, 0.2) is 34.9 Å². The number of halogens is 1. The highest BCUT2D eigenvalue weighted by atomic mass is 79.9. The maximum Gasteiger partial charge on any atom is 0.303 e. The molecule has 2 atom stereocenters. The van der Waals surface area contributed by atoms with Gasteiger partial charge in [-0.05, 0) is 24.6 Å². The Bertz CT molecular complexity index is 650. The molecule has 0 spiro atoms. The van der Waals surface area contributed by atoms with Crippen LogP contribution in [0.3, 0.4) is 0 Å². The van der Waals surface area contributed by atoms with Crippen LogP contribution in [-0.4, -0.2) is 21.5 Å². The zero-order chi connectivity index (χ0) is 15.4. The van der Waals surface area contributed by atoms with Crippen molar-refractivity contribution in [3.63, 3.8) is 0 Å². The molecule has 0 aliphatic heterocycles. The molecule has 112 valence electrons. The van der Waals surface area contributed by atoms with Gasteiger partial charge in [-0.25, -0.2) is 0 Å². The molecule has 4 nitrogen and oxygen atoms in total. The fourth-order valence-corrected chi connectivity index (χ4v) is 2.99. The third-order valence-electron chi connectivity index (χ3n) is 3.29. The van der Waals surface area contributed by atoms with Gasteiger partial charge in [0.2, 0.25) is 0 Å². The third kappa shape index (κ3) is 3.89. The van der Waals surface area contributed by atoms with Crippen LogP contribution in [0.2, 0.25) is 0 Å². The topological polar surface area (TPSA) is 59.4 Å². The first-order valence-corrected chi connectivity index (χ1v) is 7.93. The van der Waals surface area contributed by atoms with E-state index in [-0.39, 0.29) is 12.3 Å². The molecule has 2 unspecified atom stereocenters. The summed E-state index contributed by atoms with van der Waals surface area (Å²) < 4.78 is 6.79. The summed E-state index contributed by atoms with van der Waals surface area (Å²) >= 11 is 7.90. The minimum atomic E-state index is -0.844. The molecular weight excluding hydrogens is 354 g/mol.